The molecule has 0 radical (unpaired) electrons. The number of methoxy groups -OCH3 is 1. The van der Waals surface area contributed by atoms with Gasteiger partial charge in [0.25, 0.3) is 10.0 Å². The number of ether oxygens (including phenoxy) is 1. The average molecular weight is 329 g/mol. The SMILES string of the molecule is COc1cc(Cl)c(C)cc1NS(=O)(=O)c1ccc(=O)[nH]c1. The number of H-pyrrole nitrogens is 1. The van der Waals surface area contributed by atoms with Crippen LogP contribution in [0.4, 0.5) is 5.69 Å². The van der Waals surface area contributed by atoms with Gasteiger partial charge in [0.15, 0.2) is 0 Å². The monoisotopic (exact) mass is 328 g/mol. The Bertz CT molecular complexity index is 810. The number of nitrogens with one attached hydrogen (secondary N) is 2. The third kappa shape index (κ3) is 3.37. The number of benzene rings is 1. The number of aromatic nitrogens is 1. The van der Waals surface area contributed by atoms with Crippen LogP contribution < -0.4 is 15.0 Å². The number of aromatic amines is 1. The molecule has 0 saturated carbocycles. The molecule has 2 N–H and O–H groups in total. The van der Waals surface area contributed by atoms with Gasteiger partial charge >= 0.3 is 0 Å². The molecule has 0 aliphatic heterocycles. The number of aryl methyl sites for hydroxylation is 1. The fourth-order valence-corrected chi connectivity index (χ4v) is 2.86. The van der Waals surface area contributed by atoms with Crippen molar-refractivity contribution < 1.29 is 13.2 Å². The number of hydrogen-bond acceptors (Lipinski definition) is 4. The second-order valence-corrected chi connectivity index (χ2v) is 6.39. The van der Waals surface area contributed by atoms with Crippen LogP contribution in [0.3, 0.4) is 0 Å². The molecular weight excluding hydrogens is 316 g/mol. The highest BCUT2D eigenvalue weighted by atomic mass is 35.5. The zero-order valence-electron chi connectivity index (χ0n) is 11.3. The zero-order chi connectivity index (χ0) is 15.6. The van der Waals surface area contributed by atoms with Crippen LogP contribution in [-0.2, 0) is 10.0 Å². The van der Waals surface area contributed by atoms with E-state index in [2.05, 4.69) is 9.71 Å². The summed E-state index contributed by atoms with van der Waals surface area (Å²) < 4.78 is 32.0. The molecule has 0 fully saturated rings. The van der Waals surface area contributed by atoms with Gasteiger partial charge < -0.3 is 9.72 Å². The quantitative estimate of drug-likeness (QED) is 0.900. The molecule has 1 aromatic heterocycles. The Morgan fingerprint density at radius 3 is 2.57 bits per heavy atom. The van der Waals surface area contributed by atoms with Gasteiger partial charge in [-0.05, 0) is 24.6 Å². The maximum Gasteiger partial charge on any atom is 0.263 e. The molecule has 21 heavy (non-hydrogen) atoms. The molecule has 2 aromatic rings. The van der Waals surface area contributed by atoms with Crippen molar-refractivity contribution in [2.45, 2.75) is 11.8 Å². The van der Waals surface area contributed by atoms with Crippen LogP contribution in [0.2, 0.25) is 5.02 Å². The van der Waals surface area contributed by atoms with Crippen LogP contribution in [0.15, 0.2) is 40.2 Å². The fraction of sp³-hybridized carbons (Fsp3) is 0.154. The van der Waals surface area contributed by atoms with Crippen molar-refractivity contribution in [1.29, 1.82) is 0 Å². The molecule has 0 spiro atoms. The first kappa shape index (κ1) is 15.4. The molecule has 0 amide bonds. The molecule has 6 nitrogen and oxygen atoms in total. The Hall–Kier alpha value is -1.99. The summed E-state index contributed by atoms with van der Waals surface area (Å²) in [7, 11) is -2.42. The third-order valence-electron chi connectivity index (χ3n) is 2.79. The largest absolute Gasteiger partial charge is 0.495 e. The van der Waals surface area contributed by atoms with Crippen molar-refractivity contribution >= 4 is 27.3 Å². The first-order valence-corrected chi connectivity index (χ1v) is 7.75. The van der Waals surface area contributed by atoms with E-state index < -0.39 is 10.0 Å². The summed E-state index contributed by atoms with van der Waals surface area (Å²) in [4.78, 5) is 13.2. The summed E-state index contributed by atoms with van der Waals surface area (Å²) in [5.74, 6) is 0.304. The number of pyridine rings is 1. The van der Waals surface area contributed by atoms with Crippen molar-refractivity contribution in [3.05, 3.63) is 51.4 Å². The number of hydrogen-bond donors (Lipinski definition) is 2. The van der Waals surface area contributed by atoms with Gasteiger partial charge in [-0.25, -0.2) is 8.42 Å². The Kier molecular flexibility index (Phi) is 4.24. The highest BCUT2D eigenvalue weighted by molar-refractivity contribution is 7.92. The molecular formula is C13H13ClN2O4S. The Morgan fingerprint density at radius 1 is 1.29 bits per heavy atom. The first-order chi connectivity index (χ1) is 9.83. The van der Waals surface area contributed by atoms with Gasteiger partial charge in [-0.2, -0.15) is 0 Å². The van der Waals surface area contributed by atoms with E-state index in [4.69, 9.17) is 16.3 Å². The van der Waals surface area contributed by atoms with Crippen LogP contribution in [0.1, 0.15) is 5.56 Å². The van der Waals surface area contributed by atoms with Crippen molar-refractivity contribution in [3.8, 4) is 5.75 Å². The Labute approximate surface area is 126 Å². The minimum Gasteiger partial charge on any atom is -0.495 e. The third-order valence-corrected chi connectivity index (χ3v) is 4.56. The topological polar surface area (TPSA) is 88.3 Å². The second-order valence-electron chi connectivity index (χ2n) is 4.30. The lowest BCUT2D eigenvalue weighted by Gasteiger charge is -2.13. The summed E-state index contributed by atoms with van der Waals surface area (Å²) in [5.41, 5.74) is 0.594. The van der Waals surface area contributed by atoms with E-state index in [1.807, 2.05) is 0 Å². The van der Waals surface area contributed by atoms with Crippen molar-refractivity contribution in [2.24, 2.45) is 0 Å². The van der Waals surface area contributed by atoms with Gasteiger partial charge in [0.2, 0.25) is 5.56 Å². The molecule has 112 valence electrons. The van der Waals surface area contributed by atoms with Crippen LogP contribution in [0.25, 0.3) is 0 Å². The first-order valence-electron chi connectivity index (χ1n) is 5.89. The summed E-state index contributed by atoms with van der Waals surface area (Å²) in [5, 5.41) is 0.471. The standard InChI is InChI=1S/C13H13ClN2O4S/c1-8-5-11(12(20-2)6-10(8)14)16-21(18,19)9-3-4-13(17)15-7-9/h3-7,16H,1-2H3,(H,15,17). The maximum absolute atomic E-state index is 12.3. The van der Waals surface area contributed by atoms with Crippen molar-refractivity contribution in [2.75, 3.05) is 11.8 Å². The normalized spacial score (nSPS) is 11.2. The van der Waals surface area contributed by atoms with Crippen molar-refractivity contribution in [1.82, 2.24) is 4.98 Å². The van der Waals surface area contributed by atoms with Crippen LogP contribution in [0, 0.1) is 6.92 Å². The molecule has 0 atom stereocenters. The van der Waals surface area contributed by atoms with E-state index in [0.29, 0.717) is 16.3 Å². The predicted molar refractivity (Wildman–Crippen MR) is 80.6 cm³/mol. The van der Waals surface area contributed by atoms with E-state index in [9.17, 15) is 13.2 Å². The van der Waals surface area contributed by atoms with Gasteiger partial charge in [-0.15, -0.1) is 0 Å². The van der Waals surface area contributed by atoms with Crippen LogP contribution >= 0.6 is 11.6 Å². The van der Waals surface area contributed by atoms with Gasteiger partial charge in [-0.1, -0.05) is 11.6 Å². The Balaban J connectivity index is 2.43. The smallest absolute Gasteiger partial charge is 0.263 e. The van der Waals surface area contributed by atoms with E-state index in [0.717, 1.165) is 12.3 Å². The minimum atomic E-state index is -3.84. The molecule has 0 bridgehead atoms. The lowest BCUT2D eigenvalue weighted by Crippen LogP contribution is -2.15. The number of sulfonamides is 1. The molecule has 0 aliphatic rings. The van der Waals surface area contributed by atoms with E-state index in [-0.39, 0.29) is 16.1 Å². The summed E-state index contributed by atoms with van der Waals surface area (Å²) >= 11 is 5.97. The molecule has 1 heterocycles. The minimum absolute atomic E-state index is 0.0586. The second kappa shape index (κ2) is 5.79. The summed E-state index contributed by atoms with van der Waals surface area (Å²) in [6.07, 6.45) is 1.12. The molecule has 0 aliphatic carbocycles. The van der Waals surface area contributed by atoms with E-state index in [1.54, 1.807) is 13.0 Å². The van der Waals surface area contributed by atoms with E-state index in [1.165, 1.54) is 19.2 Å². The molecule has 0 saturated heterocycles. The lowest BCUT2D eigenvalue weighted by atomic mass is 10.2. The van der Waals surface area contributed by atoms with Crippen LogP contribution in [0.5, 0.6) is 5.75 Å². The molecule has 1 aromatic carbocycles. The van der Waals surface area contributed by atoms with Gasteiger partial charge in [-0.3, -0.25) is 9.52 Å². The van der Waals surface area contributed by atoms with Gasteiger partial charge in [0.1, 0.15) is 10.6 Å². The molecule has 2 rings (SSSR count). The van der Waals surface area contributed by atoms with Gasteiger partial charge in [0, 0.05) is 23.4 Å². The predicted octanol–water partition coefficient (Wildman–Crippen LogP) is 2.15. The number of rotatable bonds is 4. The highest BCUT2D eigenvalue weighted by Gasteiger charge is 2.17. The summed E-state index contributed by atoms with van der Waals surface area (Å²) in [6.45, 7) is 1.75. The maximum atomic E-state index is 12.3. The summed E-state index contributed by atoms with van der Waals surface area (Å²) in [6, 6.07) is 5.46. The van der Waals surface area contributed by atoms with E-state index >= 15 is 0 Å². The van der Waals surface area contributed by atoms with Gasteiger partial charge in [0.05, 0.1) is 12.8 Å². The lowest BCUT2D eigenvalue weighted by molar-refractivity contribution is 0.417. The van der Waals surface area contributed by atoms with Crippen LogP contribution in [-0.4, -0.2) is 20.5 Å². The highest BCUT2D eigenvalue weighted by Crippen LogP contribution is 2.32. The number of halogens is 1. The molecule has 0 unspecified atom stereocenters. The Morgan fingerprint density at radius 2 is 2.00 bits per heavy atom. The number of anilines is 1. The van der Waals surface area contributed by atoms with Crippen molar-refractivity contribution in [3.63, 3.8) is 0 Å². The molecule has 8 heteroatoms. The zero-order valence-corrected chi connectivity index (χ0v) is 12.9. The fourth-order valence-electron chi connectivity index (χ4n) is 1.68. The average Bonchev–Trinajstić information content (AvgIpc) is 2.42.